The summed E-state index contributed by atoms with van der Waals surface area (Å²) in [5.74, 6) is 0. The van der Waals surface area contributed by atoms with Crippen molar-refractivity contribution in [3.63, 3.8) is 0 Å². The summed E-state index contributed by atoms with van der Waals surface area (Å²) >= 11 is 0. The summed E-state index contributed by atoms with van der Waals surface area (Å²) in [4.78, 5) is 9.44. The van der Waals surface area contributed by atoms with Crippen LogP contribution in [0, 0.1) is 0 Å². The van der Waals surface area contributed by atoms with Crippen LogP contribution in [-0.2, 0) is 0 Å². The van der Waals surface area contributed by atoms with Crippen molar-refractivity contribution in [3.05, 3.63) is 103 Å². The molecule has 0 saturated carbocycles. The van der Waals surface area contributed by atoms with Crippen molar-refractivity contribution in [2.45, 2.75) is 0 Å². The van der Waals surface area contributed by atoms with Crippen LogP contribution in [0.5, 0.6) is 0 Å². The largest absolute Gasteiger partial charge is 0.309 e. The zero-order valence-corrected chi connectivity index (χ0v) is 16.7. The van der Waals surface area contributed by atoms with Crippen LogP contribution in [0.15, 0.2) is 103 Å². The fraction of sp³-hybridized carbons (Fsp3) is 0. The zero-order chi connectivity index (χ0) is 20.4. The van der Waals surface area contributed by atoms with Gasteiger partial charge < -0.3 is 4.57 Å². The maximum atomic E-state index is 4.75. The Morgan fingerprint density at radius 2 is 1.13 bits per heavy atom. The molecule has 3 aromatic heterocycles. The first-order chi connectivity index (χ1) is 15.4. The first kappa shape index (κ1) is 16.5. The fourth-order valence-electron chi connectivity index (χ4n) is 5.01. The SMILES string of the molecule is c1ccc(-n2c3ccccc3c3ccc4c5cccnc5c5ncccc5c4c32)cc1. The Labute approximate surface area is 178 Å². The Morgan fingerprint density at radius 3 is 1.97 bits per heavy atom. The van der Waals surface area contributed by atoms with Crippen LogP contribution in [-0.4, -0.2) is 14.5 Å². The van der Waals surface area contributed by atoms with E-state index in [9.17, 15) is 0 Å². The maximum Gasteiger partial charge on any atom is 0.0971 e. The number of para-hydroxylation sites is 2. The molecule has 0 spiro atoms. The lowest BCUT2D eigenvalue weighted by Crippen LogP contribution is -1.95. The van der Waals surface area contributed by atoms with Gasteiger partial charge >= 0.3 is 0 Å². The van der Waals surface area contributed by atoms with E-state index in [0.717, 1.165) is 27.5 Å². The number of aromatic nitrogens is 3. The molecular formula is C28H17N3. The van der Waals surface area contributed by atoms with Gasteiger partial charge in [0.25, 0.3) is 0 Å². The number of rotatable bonds is 1. The molecule has 3 heterocycles. The normalized spacial score (nSPS) is 11.9. The molecule has 0 unspecified atom stereocenters. The molecular weight excluding hydrogens is 378 g/mol. The molecule has 0 amide bonds. The molecule has 7 rings (SSSR count). The number of fused-ring (bicyclic) bond motifs is 10. The van der Waals surface area contributed by atoms with Crippen molar-refractivity contribution in [1.29, 1.82) is 0 Å². The average molecular weight is 395 g/mol. The smallest absolute Gasteiger partial charge is 0.0971 e. The van der Waals surface area contributed by atoms with Gasteiger partial charge in [-0.3, -0.25) is 9.97 Å². The van der Waals surface area contributed by atoms with E-state index >= 15 is 0 Å². The van der Waals surface area contributed by atoms with E-state index in [0.29, 0.717) is 0 Å². The van der Waals surface area contributed by atoms with E-state index in [-0.39, 0.29) is 0 Å². The van der Waals surface area contributed by atoms with Crippen LogP contribution in [0.3, 0.4) is 0 Å². The van der Waals surface area contributed by atoms with Crippen molar-refractivity contribution in [3.8, 4) is 5.69 Å². The predicted molar refractivity (Wildman–Crippen MR) is 129 cm³/mol. The van der Waals surface area contributed by atoms with E-state index < -0.39 is 0 Å². The Kier molecular flexibility index (Phi) is 3.27. The second-order valence-electron chi connectivity index (χ2n) is 7.87. The molecule has 3 heteroatoms. The topological polar surface area (TPSA) is 30.7 Å². The molecule has 7 aromatic rings. The van der Waals surface area contributed by atoms with Crippen LogP contribution >= 0.6 is 0 Å². The van der Waals surface area contributed by atoms with E-state index in [2.05, 4.69) is 83.4 Å². The van der Waals surface area contributed by atoms with Gasteiger partial charge in [-0.15, -0.1) is 0 Å². The van der Waals surface area contributed by atoms with Gasteiger partial charge in [-0.05, 0) is 35.7 Å². The third-order valence-electron chi connectivity index (χ3n) is 6.25. The highest BCUT2D eigenvalue weighted by Crippen LogP contribution is 2.41. The lowest BCUT2D eigenvalue weighted by molar-refractivity contribution is 1.19. The molecule has 0 fully saturated rings. The molecule has 0 atom stereocenters. The standard InChI is InChI=1S/C28H17N3/c1-2-8-18(9-3-1)31-24-13-5-4-10-19(24)22-15-14-20-21-11-6-16-29-26(21)27-23(12-7-17-30-27)25(20)28(22)31/h1-17H. The molecule has 0 radical (unpaired) electrons. The number of pyridine rings is 2. The number of hydrogen-bond acceptors (Lipinski definition) is 2. The predicted octanol–water partition coefficient (Wildman–Crippen LogP) is 7.03. The van der Waals surface area contributed by atoms with Crippen molar-refractivity contribution >= 4 is 54.4 Å². The Morgan fingerprint density at radius 1 is 0.484 bits per heavy atom. The third-order valence-corrected chi connectivity index (χ3v) is 6.25. The minimum absolute atomic E-state index is 0.947. The first-order valence-corrected chi connectivity index (χ1v) is 10.4. The lowest BCUT2D eigenvalue weighted by Gasteiger charge is -2.13. The van der Waals surface area contributed by atoms with Crippen LogP contribution < -0.4 is 0 Å². The van der Waals surface area contributed by atoms with Gasteiger partial charge in [0, 0.05) is 45.0 Å². The molecule has 0 N–H and O–H groups in total. The van der Waals surface area contributed by atoms with Gasteiger partial charge in [0.2, 0.25) is 0 Å². The Balaban J connectivity index is 1.86. The summed E-state index contributed by atoms with van der Waals surface area (Å²) in [6.45, 7) is 0. The summed E-state index contributed by atoms with van der Waals surface area (Å²) in [5.41, 5.74) is 5.48. The maximum absolute atomic E-state index is 4.75. The first-order valence-electron chi connectivity index (χ1n) is 10.4. The van der Waals surface area contributed by atoms with E-state index in [4.69, 9.17) is 9.97 Å². The van der Waals surface area contributed by atoms with Gasteiger partial charge in [-0.25, -0.2) is 0 Å². The summed E-state index contributed by atoms with van der Waals surface area (Å²) in [6, 6.07) is 32.1. The number of benzene rings is 4. The van der Waals surface area contributed by atoms with Gasteiger partial charge in [0.05, 0.1) is 22.1 Å². The number of nitrogens with zero attached hydrogens (tertiary/aromatic N) is 3. The highest BCUT2D eigenvalue weighted by molar-refractivity contribution is 6.32. The van der Waals surface area contributed by atoms with Crippen molar-refractivity contribution in [2.75, 3.05) is 0 Å². The monoisotopic (exact) mass is 395 g/mol. The van der Waals surface area contributed by atoms with Crippen LogP contribution in [0.2, 0.25) is 0 Å². The minimum atomic E-state index is 0.947. The fourth-order valence-corrected chi connectivity index (χ4v) is 5.01. The molecule has 0 bridgehead atoms. The van der Waals surface area contributed by atoms with Crippen molar-refractivity contribution in [2.24, 2.45) is 0 Å². The van der Waals surface area contributed by atoms with Crippen LogP contribution in [0.25, 0.3) is 60.1 Å². The Hall–Kier alpha value is -4.24. The molecule has 31 heavy (non-hydrogen) atoms. The zero-order valence-electron chi connectivity index (χ0n) is 16.7. The average Bonchev–Trinajstić information content (AvgIpc) is 3.19. The summed E-state index contributed by atoms with van der Waals surface area (Å²) in [7, 11) is 0. The molecule has 4 aromatic carbocycles. The summed E-state index contributed by atoms with van der Waals surface area (Å²) in [5, 5.41) is 7.20. The van der Waals surface area contributed by atoms with Gasteiger partial charge in [0.1, 0.15) is 0 Å². The summed E-state index contributed by atoms with van der Waals surface area (Å²) in [6.07, 6.45) is 3.71. The summed E-state index contributed by atoms with van der Waals surface area (Å²) < 4.78 is 2.39. The minimum Gasteiger partial charge on any atom is -0.309 e. The molecule has 0 aliphatic carbocycles. The third kappa shape index (κ3) is 2.18. The van der Waals surface area contributed by atoms with Crippen LogP contribution in [0.4, 0.5) is 0 Å². The van der Waals surface area contributed by atoms with E-state index in [1.54, 1.807) is 0 Å². The second-order valence-corrected chi connectivity index (χ2v) is 7.87. The molecule has 0 aliphatic heterocycles. The van der Waals surface area contributed by atoms with Crippen molar-refractivity contribution in [1.82, 2.24) is 14.5 Å². The molecule has 3 nitrogen and oxygen atoms in total. The second kappa shape index (κ2) is 6.13. The van der Waals surface area contributed by atoms with Gasteiger partial charge in [0.15, 0.2) is 0 Å². The molecule has 0 saturated heterocycles. The van der Waals surface area contributed by atoms with Gasteiger partial charge in [-0.2, -0.15) is 0 Å². The quantitative estimate of drug-likeness (QED) is 0.279. The van der Waals surface area contributed by atoms with Crippen molar-refractivity contribution < 1.29 is 0 Å². The number of hydrogen-bond donors (Lipinski definition) is 0. The molecule has 0 aliphatic rings. The highest BCUT2D eigenvalue weighted by Gasteiger charge is 2.18. The van der Waals surface area contributed by atoms with Crippen LogP contribution in [0.1, 0.15) is 0 Å². The highest BCUT2D eigenvalue weighted by atomic mass is 15.0. The Bertz CT molecular complexity index is 1740. The van der Waals surface area contributed by atoms with Gasteiger partial charge in [-0.1, -0.05) is 60.7 Å². The van der Waals surface area contributed by atoms with E-state index in [1.807, 2.05) is 24.5 Å². The molecule has 144 valence electrons. The van der Waals surface area contributed by atoms with E-state index in [1.165, 1.54) is 32.6 Å². The lowest BCUT2D eigenvalue weighted by atomic mass is 9.97.